The summed E-state index contributed by atoms with van der Waals surface area (Å²) in [5.41, 5.74) is 2.04. The number of oxazole rings is 1. The highest BCUT2D eigenvalue weighted by Gasteiger charge is 2.12. The zero-order valence-corrected chi connectivity index (χ0v) is 9.94. The number of carbonyl (C=O) groups excluding carboxylic acids is 1. The highest BCUT2D eigenvalue weighted by atomic mass is 19.1. The van der Waals surface area contributed by atoms with Gasteiger partial charge in [0.1, 0.15) is 12.9 Å². The van der Waals surface area contributed by atoms with E-state index >= 15 is 0 Å². The van der Waals surface area contributed by atoms with Crippen LogP contribution in [0.15, 0.2) is 34.9 Å². The third-order valence-electron chi connectivity index (χ3n) is 2.38. The number of rotatable bonds is 4. The number of hydrogen-bond donors (Lipinski definition) is 1. The fraction of sp³-hybridized carbons (Fsp3) is 0.231. The maximum Gasteiger partial charge on any atom is 0.273 e. The molecule has 0 bridgehead atoms. The molecule has 0 unspecified atom stereocenters. The van der Waals surface area contributed by atoms with Gasteiger partial charge in [0, 0.05) is 12.1 Å². The Labute approximate surface area is 104 Å². The monoisotopic (exact) mass is 248 g/mol. The molecule has 0 aliphatic heterocycles. The number of aromatic nitrogens is 1. The van der Waals surface area contributed by atoms with Gasteiger partial charge in [0.05, 0.1) is 0 Å². The average Bonchev–Trinajstić information content (AvgIpc) is 2.85. The topological polar surface area (TPSA) is 55.1 Å². The van der Waals surface area contributed by atoms with Crippen molar-refractivity contribution in [1.82, 2.24) is 10.3 Å². The normalized spacial score (nSPS) is 10.3. The molecule has 0 saturated carbocycles. The highest BCUT2D eigenvalue weighted by Crippen LogP contribution is 2.19. The molecule has 0 atom stereocenters. The van der Waals surface area contributed by atoms with Gasteiger partial charge in [-0.3, -0.25) is 4.79 Å². The fourth-order valence-corrected chi connectivity index (χ4v) is 1.54. The van der Waals surface area contributed by atoms with Gasteiger partial charge < -0.3 is 9.73 Å². The number of alkyl halides is 1. The highest BCUT2D eigenvalue weighted by molar-refractivity contribution is 5.92. The van der Waals surface area contributed by atoms with Crippen molar-refractivity contribution in [3.8, 4) is 11.5 Å². The molecule has 0 aliphatic rings. The lowest BCUT2D eigenvalue weighted by Gasteiger charge is -1.97. The Kier molecular flexibility index (Phi) is 3.72. The molecule has 1 heterocycles. The van der Waals surface area contributed by atoms with Gasteiger partial charge in [0.15, 0.2) is 5.69 Å². The summed E-state index contributed by atoms with van der Waals surface area (Å²) in [6.45, 7) is 1.33. The van der Waals surface area contributed by atoms with Crippen LogP contribution in [0.3, 0.4) is 0 Å². The number of hydrogen-bond acceptors (Lipinski definition) is 3. The minimum atomic E-state index is -0.603. The van der Waals surface area contributed by atoms with Crippen molar-refractivity contribution >= 4 is 5.91 Å². The standard InChI is InChI=1S/C13H13FN2O2/c1-9-3-2-4-10(7-9)13-16-11(8-18-13)12(17)15-6-5-14/h2-4,7-8H,5-6H2,1H3,(H,15,17). The second-order valence-corrected chi connectivity index (χ2v) is 3.85. The quantitative estimate of drug-likeness (QED) is 0.903. The van der Waals surface area contributed by atoms with Crippen LogP contribution in [-0.2, 0) is 0 Å². The summed E-state index contributed by atoms with van der Waals surface area (Å²) >= 11 is 0. The molecule has 18 heavy (non-hydrogen) atoms. The van der Waals surface area contributed by atoms with Gasteiger partial charge >= 0.3 is 0 Å². The number of benzene rings is 1. The van der Waals surface area contributed by atoms with Gasteiger partial charge in [-0.05, 0) is 19.1 Å². The first-order valence-corrected chi connectivity index (χ1v) is 5.57. The van der Waals surface area contributed by atoms with E-state index in [0.717, 1.165) is 11.1 Å². The number of aryl methyl sites for hydroxylation is 1. The van der Waals surface area contributed by atoms with E-state index in [2.05, 4.69) is 10.3 Å². The van der Waals surface area contributed by atoms with Crippen molar-refractivity contribution in [1.29, 1.82) is 0 Å². The molecular formula is C13H13FN2O2. The molecule has 1 amide bonds. The summed E-state index contributed by atoms with van der Waals surface area (Å²) in [6.07, 6.45) is 1.27. The summed E-state index contributed by atoms with van der Waals surface area (Å²) in [5, 5.41) is 2.39. The Morgan fingerprint density at radius 3 is 3.06 bits per heavy atom. The average molecular weight is 248 g/mol. The first kappa shape index (κ1) is 12.3. The van der Waals surface area contributed by atoms with Crippen LogP contribution in [-0.4, -0.2) is 24.1 Å². The second-order valence-electron chi connectivity index (χ2n) is 3.85. The molecule has 0 saturated heterocycles. The zero-order chi connectivity index (χ0) is 13.0. The van der Waals surface area contributed by atoms with Crippen LogP contribution in [0, 0.1) is 6.92 Å². The number of amides is 1. The Balaban J connectivity index is 2.17. The van der Waals surface area contributed by atoms with Crippen LogP contribution in [0.5, 0.6) is 0 Å². The van der Waals surface area contributed by atoms with Gasteiger partial charge in [-0.1, -0.05) is 17.7 Å². The third-order valence-corrected chi connectivity index (χ3v) is 2.38. The SMILES string of the molecule is Cc1cccc(-c2nc(C(=O)NCCF)co2)c1. The van der Waals surface area contributed by atoms with Crippen molar-refractivity contribution in [2.45, 2.75) is 6.92 Å². The van der Waals surface area contributed by atoms with E-state index < -0.39 is 12.6 Å². The minimum Gasteiger partial charge on any atom is -0.444 e. The van der Waals surface area contributed by atoms with Crippen molar-refractivity contribution in [2.75, 3.05) is 13.2 Å². The Morgan fingerprint density at radius 1 is 1.50 bits per heavy atom. The smallest absolute Gasteiger partial charge is 0.273 e. The molecule has 1 aromatic heterocycles. The van der Waals surface area contributed by atoms with Crippen LogP contribution >= 0.6 is 0 Å². The second kappa shape index (κ2) is 5.44. The van der Waals surface area contributed by atoms with Gasteiger partial charge in [-0.25, -0.2) is 9.37 Å². The van der Waals surface area contributed by atoms with Crippen LogP contribution in [0.4, 0.5) is 4.39 Å². The van der Waals surface area contributed by atoms with Crippen molar-refractivity contribution in [3.05, 3.63) is 41.8 Å². The van der Waals surface area contributed by atoms with Crippen molar-refractivity contribution in [3.63, 3.8) is 0 Å². The predicted octanol–water partition coefficient (Wildman–Crippen LogP) is 2.35. The molecule has 1 aromatic carbocycles. The first-order chi connectivity index (χ1) is 8.70. The van der Waals surface area contributed by atoms with Gasteiger partial charge in [-0.15, -0.1) is 0 Å². The molecule has 4 nitrogen and oxygen atoms in total. The molecule has 0 spiro atoms. The molecule has 2 rings (SSSR count). The van der Waals surface area contributed by atoms with E-state index in [9.17, 15) is 9.18 Å². The number of halogens is 1. The van der Waals surface area contributed by atoms with E-state index in [4.69, 9.17) is 4.42 Å². The molecule has 0 radical (unpaired) electrons. The lowest BCUT2D eigenvalue weighted by molar-refractivity contribution is 0.0946. The Hall–Kier alpha value is -2.17. The van der Waals surface area contributed by atoms with Crippen LogP contribution < -0.4 is 5.32 Å². The molecule has 0 aliphatic carbocycles. The maximum absolute atomic E-state index is 11.9. The van der Waals surface area contributed by atoms with Gasteiger partial charge in [0.25, 0.3) is 5.91 Å². The third kappa shape index (κ3) is 2.74. The van der Waals surface area contributed by atoms with E-state index in [0.29, 0.717) is 5.89 Å². The molecule has 1 N–H and O–H groups in total. The van der Waals surface area contributed by atoms with E-state index in [1.54, 1.807) is 0 Å². The first-order valence-electron chi connectivity index (χ1n) is 5.57. The predicted molar refractivity (Wildman–Crippen MR) is 65.0 cm³/mol. The maximum atomic E-state index is 11.9. The summed E-state index contributed by atoms with van der Waals surface area (Å²) in [6, 6.07) is 7.61. The largest absolute Gasteiger partial charge is 0.444 e. The van der Waals surface area contributed by atoms with E-state index in [1.807, 2.05) is 31.2 Å². The molecule has 2 aromatic rings. The summed E-state index contributed by atoms with van der Waals surface area (Å²) in [5.74, 6) is -0.0561. The molecule has 5 heteroatoms. The minimum absolute atomic E-state index is 0.0223. The lowest BCUT2D eigenvalue weighted by Crippen LogP contribution is -2.25. The van der Waals surface area contributed by atoms with Crippen molar-refractivity contribution < 1.29 is 13.6 Å². The van der Waals surface area contributed by atoms with Gasteiger partial charge in [-0.2, -0.15) is 0 Å². The van der Waals surface area contributed by atoms with Crippen LogP contribution in [0.2, 0.25) is 0 Å². The molecule has 94 valence electrons. The summed E-state index contributed by atoms with van der Waals surface area (Å²) in [4.78, 5) is 15.6. The summed E-state index contributed by atoms with van der Waals surface area (Å²) < 4.78 is 17.2. The van der Waals surface area contributed by atoms with Gasteiger partial charge in [0.2, 0.25) is 5.89 Å². The summed E-state index contributed by atoms with van der Waals surface area (Å²) in [7, 11) is 0. The Bertz CT molecular complexity index is 551. The molecule has 0 fully saturated rings. The lowest BCUT2D eigenvalue weighted by atomic mass is 10.1. The number of nitrogens with zero attached hydrogens (tertiary/aromatic N) is 1. The van der Waals surface area contributed by atoms with E-state index in [-0.39, 0.29) is 12.2 Å². The number of nitrogens with one attached hydrogen (secondary N) is 1. The fourth-order valence-electron chi connectivity index (χ4n) is 1.54. The van der Waals surface area contributed by atoms with Crippen LogP contribution in [0.1, 0.15) is 16.1 Å². The Morgan fingerprint density at radius 2 is 2.33 bits per heavy atom. The van der Waals surface area contributed by atoms with Crippen molar-refractivity contribution in [2.24, 2.45) is 0 Å². The number of carbonyl (C=O) groups is 1. The molecular weight excluding hydrogens is 235 g/mol. The van der Waals surface area contributed by atoms with Crippen LogP contribution in [0.25, 0.3) is 11.5 Å². The zero-order valence-electron chi connectivity index (χ0n) is 9.94. The van der Waals surface area contributed by atoms with E-state index in [1.165, 1.54) is 6.26 Å².